The van der Waals surface area contributed by atoms with Gasteiger partial charge in [0.2, 0.25) is 5.91 Å². The molecule has 2 amide bonds. The highest BCUT2D eigenvalue weighted by molar-refractivity contribution is 6.34. The second kappa shape index (κ2) is 7.29. The molecule has 2 aromatic rings. The van der Waals surface area contributed by atoms with Gasteiger partial charge in [0, 0.05) is 17.1 Å². The van der Waals surface area contributed by atoms with Gasteiger partial charge in [0.05, 0.1) is 10.6 Å². The van der Waals surface area contributed by atoms with Crippen LogP contribution < -0.4 is 11.1 Å². The number of hydrogen-bond donors (Lipinski definition) is 2. The number of hydrogen-bond acceptors (Lipinski definition) is 2. The predicted octanol–water partition coefficient (Wildman–Crippen LogP) is 3.06. The van der Waals surface area contributed by atoms with E-state index in [9.17, 15) is 9.59 Å². The summed E-state index contributed by atoms with van der Waals surface area (Å²) in [5, 5.41) is 3.66. The standard InChI is InChI=1S/C16H14Cl2N2O2/c17-12-3-1-2-10(8-12)6-7-20-16(22)11-4-5-14(18)13(9-11)15(19)21/h1-5,8-9H,6-7H2,(H2,19,21)(H,20,22). The molecular formula is C16H14Cl2N2O2. The quantitative estimate of drug-likeness (QED) is 0.880. The maximum Gasteiger partial charge on any atom is 0.251 e. The van der Waals surface area contributed by atoms with Gasteiger partial charge >= 0.3 is 0 Å². The summed E-state index contributed by atoms with van der Waals surface area (Å²) in [7, 11) is 0. The summed E-state index contributed by atoms with van der Waals surface area (Å²) in [6.45, 7) is 0.452. The molecule has 0 aliphatic carbocycles. The summed E-state index contributed by atoms with van der Waals surface area (Å²) in [6, 6.07) is 11.9. The molecule has 2 aromatic carbocycles. The Bertz CT molecular complexity index is 717. The van der Waals surface area contributed by atoms with Crippen molar-refractivity contribution in [2.75, 3.05) is 6.54 Å². The number of carbonyl (C=O) groups is 2. The fourth-order valence-corrected chi connectivity index (χ4v) is 2.39. The van der Waals surface area contributed by atoms with Gasteiger partial charge in [-0.2, -0.15) is 0 Å². The minimum Gasteiger partial charge on any atom is -0.366 e. The first-order valence-electron chi connectivity index (χ1n) is 6.59. The van der Waals surface area contributed by atoms with Crippen molar-refractivity contribution in [3.63, 3.8) is 0 Å². The Morgan fingerprint density at radius 2 is 1.86 bits per heavy atom. The Morgan fingerprint density at radius 1 is 1.09 bits per heavy atom. The molecule has 0 fully saturated rings. The number of primary amides is 1. The fourth-order valence-electron chi connectivity index (χ4n) is 1.97. The van der Waals surface area contributed by atoms with Crippen molar-refractivity contribution in [3.8, 4) is 0 Å². The summed E-state index contributed by atoms with van der Waals surface area (Å²) in [4.78, 5) is 23.3. The van der Waals surface area contributed by atoms with Crippen LogP contribution in [0.1, 0.15) is 26.3 Å². The van der Waals surface area contributed by atoms with Gasteiger partial charge in [-0.15, -0.1) is 0 Å². The number of benzene rings is 2. The van der Waals surface area contributed by atoms with Crippen LogP contribution in [-0.4, -0.2) is 18.4 Å². The summed E-state index contributed by atoms with van der Waals surface area (Å²) >= 11 is 11.8. The molecule has 0 unspecified atom stereocenters. The molecule has 114 valence electrons. The van der Waals surface area contributed by atoms with Crippen LogP contribution >= 0.6 is 23.2 Å². The normalized spacial score (nSPS) is 10.3. The Kier molecular flexibility index (Phi) is 5.41. The van der Waals surface area contributed by atoms with Crippen LogP contribution in [0.25, 0.3) is 0 Å². The molecular weight excluding hydrogens is 323 g/mol. The first kappa shape index (κ1) is 16.3. The van der Waals surface area contributed by atoms with Gasteiger partial charge in [0.25, 0.3) is 5.91 Å². The monoisotopic (exact) mass is 336 g/mol. The Hall–Kier alpha value is -2.04. The Labute approximate surface area is 138 Å². The second-order valence-electron chi connectivity index (χ2n) is 4.69. The number of rotatable bonds is 5. The Morgan fingerprint density at radius 3 is 2.55 bits per heavy atom. The molecule has 0 heterocycles. The van der Waals surface area contributed by atoms with E-state index in [1.807, 2.05) is 18.2 Å². The zero-order chi connectivity index (χ0) is 16.1. The van der Waals surface area contributed by atoms with Crippen LogP contribution in [0.15, 0.2) is 42.5 Å². The third-order valence-corrected chi connectivity index (χ3v) is 3.65. The second-order valence-corrected chi connectivity index (χ2v) is 5.54. The number of carbonyl (C=O) groups excluding carboxylic acids is 2. The molecule has 6 heteroatoms. The SMILES string of the molecule is NC(=O)c1cc(C(=O)NCCc2cccc(Cl)c2)ccc1Cl. The lowest BCUT2D eigenvalue weighted by Gasteiger charge is -2.07. The van der Waals surface area contributed by atoms with Crippen LogP contribution in [0, 0.1) is 0 Å². The molecule has 0 aromatic heterocycles. The van der Waals surface area contributed by atoms with Crippen molar-refractivity contribution in [1.82, 2.24) is 5.32 Å². The van der Waals surface area contributed by atoms with Gasteiger partial charge in [0.1, 0.15) is 0 Å². The van der Waals surface area contributed by atoms with Crippen LogP contribution in [0.2, 0.25) is 10.0 Å². The molecule has 0 aliphatic heterocycles. The van der Waals surface area contributed by atoms with Gasteiger partial charge in [-0.25, -0.2) is 0 Å². The maximum absolute atomic E-state index is 12.1. The van der Waals surface area contributed by atoms with E-state index in [0.29, 0.717) is 23.6 Å². The van der Waals surface area contributed by atoms with E-state index < -0.39 is 5.91 Å². The average Bonchev–Trinajstić information content (AvgIpc) is 2.47. The third-order valence-electron chi connectivity index (χ3n) is 3.08. The van der Waals surface area contributed by atoms with Crippen molar-refractivity contribution >= 4 is 35.0 Å². The summed E-state index contributed by atoms with van der Waals surface area (Å²) < 4.78 is 0. The van der Waals surface area contributed by atoms with E-state index >= 15 is 0 Å². The molecule has 4 nitrogen and oxygen atoms in total. The molecule has 0 spiro atoms. The summed E-state index contributed by atoms with van der Waals surface area (Å²) in [5.41, 5.74) is 6.70. The topological polar surface area (TPSA) is 72.2 Å². The molecule has 22 heavy (non-hydrogen) atoms. The predicted molar refractivity (Wildman–Crippen MR) is 87.5 cm³/mol. The molecule has 3 N–H and O–H groups in total. The van der Waals surface area contributed by atoms with E-state index in [0.717, 1.165) is 5.56 Å². The van der Waals surface area contributed by atoms with E-state index in [4.69, 9.17) is 28.9 Å². The zero-order valence-electron chi connectivity index (χ0n) is 11.6. The number of nitrogens with one attached hydrogen (secondary N) is 1. The van der Waals surface area contributed by atoms with Crippen LogP contribution in [0.4, 0.5) is 0 Å². The van der Waals surface area contributed by atoms with Gasteiger partial charge in [-0.1, -0.05) is 35.3 Å². The third kappa shape index (κ3) is 4.23. The van der Waals surface area contributed by atoms with E-state index in [1.54, 1.807) is 12.1 Å². The van der Waals surface area contributed by atoms with Crippen molar-refractivity contribution in [1.29, 1.82) is 0 Å². The summed E-state index contributed by atoms with van der Waals surface area (Å²) in [5.74, 6) is -0.959. The lowest BCUT2D eigenvalue weighted by Crippen LogP contribution is -2.26. The molecule has 0 radical (unpaired) electrons. The van der Waals surface area contributed by atoms with Gasteiger partial charge in [-0.05, 0) is 42.3 Å². The van der Waals surface area contributed by atoms with E-state index in [2.05, 4.69) is 5.32 Å². The van der Waals surface area contributed by atoms with Gasteiger partial charge in [-0.3, -0.25) is 9.59 Å². The molecule has 2 rings (SSSR count). The summed E-state index contributed by atoms with van der Waals surface area (Å²) in [6.07, 6.45) is 0.655. The minimum absolute atomic E-state index is 0.129. The first-order valence-corrected chi connectivity index (χ1v) is 7.35. The fraction of sp³-hybridized carbons (Fsp3) is 0.125. The van der Waals surface area contributed by atoms with Gasteiger partial charge < -0.3 is 11.1 Å². The molecule has 0 aliphatic rings. The molecule has 0 saturated heterocycles. The van der Waals surface area contributed by atoms with Crippen LogP contribution in [-0.2, 0) is 6.42 Å². The Balaban J connectivity index is 1.98. The highest BCUT2D eigenvalue weighted by Crippen LogP contribution is 2.17. The molecule has 0 atom stereocenters. The van der Waals surface area contributed by atoms with Crippen molar-refractivity contribution in [2.24, 2.45) is 5.73 Å². The van der Waals surface area contributed by atoms with Crippen LogP contribution in [0.5, 0.6) is 0 Å². The van der Waals surface area contributed by atoms with Crippen LogP contribution in [0.3, 0.4) is 0 Å². The highest BCUT2D eigenvalue weighted by Gasteiger charge is 2.11. The van der Waals surface area contributed by atoms with Crippen molar-refractivity contribution in [2.45, 2.75) is 6.42 Å². The van der Waals surface area contributed by atoms with E-state index in [1.165, 1.54) is 12.1 Å². The highest BCUT2D eigenvalue weighted by atomic mass is 35.5. The van der Waals surface area contributed by atoms with Gasteiger partial charge in [0.15, 0.2) is 0 Å². The lowest BCUT2D eigenvalue weighted by atomic mass is 10.1. The molecule has 0 bridgehead atoms. The average molecular weight is 337 g/mol. The molecule has 0 saturated carbocycles. The number of nitrogens with two attached hydrogens (primary N) is 1. The smallest absolute Gasteiger partial charge is 0.251 e. The van der Waals surface area contributed by atoms with Crippen molar-refractivity contribution < 1.29 is 9.59 Å². The van der Waals surface area contributed by atoms with Crippen molar-refractivity contribution in [3.05, 3.63) is 69.2 Å². The minimum atomic E-state index is -0.668. The zero-order valence-corrected chi connectivity index (χ0v) is 13.1. The lowest BCUT2D eigenvalue weighted by molar-refractivity contribution is 0.0954. The van der Waals surface area contributed by atoms with E-state index in [-0.39, 0.29) is 16.5 Å². The number of halogens is 2. The number of amides is 2. The maximum atomic E-state index is 12.1. The largest absolute Gasteiger partial charge is 0.366 e. The first-order chi connectivity index (χ1) is 10.5.